The lowest BCUT2D eigenvalue weighted by molar-refractivity contribution is -0.133. The van der Waals surface area contributed by atoms with Gasteiger partial charge >= 0.3 is 0 Å². The van der Waals surface area contributed by atoms with Crippen LogP contribution in [0.3, 0.4) is 0 Å². The highest BCUT2D eigenvalue weighted by molar-refractivity contribution is 6.07. The van der Waals surface area contributed by atoms with Gasteiger partial charge in [0, 0.05) is 18.5 Å². The quantitative estimate of drug-likeness (QED) is 0.749. The predicted octanol–water partition coefficient (Wildman–Crippen LogP) is 2.63. The fourth-order valence-electron chi connectivity index (χ4n) is 3.25. The zero-order chi connectivity index (χ0) is 16.1. The number of hydrogen-bond acceptors (Lipinski definition) is 3. The second-order valence-corrected chi connectivity index (χ2v) is 7.29. The average Bonchev–Trinajstić information content (AvgIpc) is 2.75. The third-order valence-electron chi connectivity index (χ3n) is 4.62. The van der Waals surface area contributed by atoms with Crippen molar-refractivity contribution in [1.82, 2.24) is 4.90 Å². The Morgan fingerprint density at radius 3 is 2.50 bits per heavy atom. The summed E-state index contributed by atoms with van der Waals surface area (Å²) < 4.78 is 0. The van der Waals surface area contributed by atoms with Crippen LogP contribution in [-0.2, 0) is 21.5 Å². The lowest BCUT2D eigenvalue weighted by Gasteiger charge is -2.29. The monoisotopic (exact) mass is 299 g/mol. The molecule has 2 aliphatic rings. The van der Waals surface area contributed by atoms with Crippen molar-refractivity contribution in [3.8, 4) is 0 Å². The van der Waals surface area contributed by atoms with Crippen molar-refractivity contribution >= 4 is 17.5 Å². The van der Waals surface area contributed by atoms with Crippen molar-refractivity contribution in [2.24, 2.45) is 0 Å². The van der Waals surface area contributed by atoms with Crippen LogP contribution < -0.4 is 0 Å². The first-order chi connectivity index (χ1) is 10.3. The second kappa shape index (κ2) is 5.04. The number of hydrogen-bond donors (Lipinski definition) is 0. The van der Waals surface area contributed by atoms with Gasteiger partial charge in [0.2, 0.25) is 0 Å². The number of benzene rings is 1. The molecule has 0 bridgehead atoms. The standard InChI is InChI=1S/C18H21NO3/c1-18(2,3)12-4-6-14-11(8-12)10-19(17(14)22)15-7-5-13(20)9-16(15)21/h4,6,8,15H,5,7,9-10H2,1-3H3. The molecule has 1 fully saturated rings. The van der Waals surface area contributed by atoms with Gasteiger partial charge in [-0.05, 0) is 29.0 Å². The van der Waals surface area contributed by atoms with E-state index in [-0.39, 0.29) is 29.3 Å². The fraction of sp³-hybridized carbons (Fsp3) is 0.500. The van der Waals surface area contributed by atoms with Gasteiger partial charge in [0.15, 0.2) is 5.78 Å². The smallest absolute Gasteiger partial charge is 0.255 e. The molecule has 0 spiro atoms. The van der Waals surface area contributed by atoms with Gasteiger partial charge in [0.25, 0.3) is 5.91 Å². The Morgan fingerprint density at radius 1 is 1.14 bits per heavy atom. The van der Waals surface area contributed by atoms with Gasteiger partial charge < -0.3 is 4.90 Å². The summed E-state index contributed by atoms with van der Waals surface area (Å²) in [5, 5.41) is 0. The van der Waals surface area contributed by atoms with Gasteiger partial charge in [0.1, 0.15) is 5.78 Å². The summed E-state index contributed by atoms with van der Waals surface area (Å²) in [7, 11) is 0. The number of carbonyl (C=O) groups is 3. The molecule has 3 rings (SSSR count). The molecule has 1 aromatic carbocycles. The summed E-state index contributed by atoms with van der Waals surface area (Å²) in [5.41, 5.74) is 2.89. The second-order valence-electron chi connectivity index (χ2n) is 7.29. The van der Waals surface area contributed by atoms with Gasteiger partial charge in [-0.1, -0.05) is 32.9 Å². The number of ketones is 2. The van der Waals surface area contributed by atoms with E-state index in [0.29, 0.717) is 24.9 Å². The van der Waals surface area contributed by atoms with E-state index in [9.17, 15) is 14.4 Å². The highest BCUT2D eigenvalue weighted by atomic mass is 16.2. The molecular formula is C18H21NO3. The highest BCUT2D eigenvalue weighted by Gasteiger charge is 2.39. The lowest BCUT2D eigenvalue weighted by Crippen LogP contribution is -2.44. The maximum absolute atomic E-state index is 12.6. The Labute approximate surface area is 130 Å². The van der Waals surface area contributed by atoms with E-state index in [4.69, 9.17) is 0 Å². The van der Waals surface area contributed by atoms with Crippen LogP contribution in [0.5, 0.6) is 0 Å². The molecule has 1 aliphatic carbocycles. The van der Waals surface area contributed by atoms with Gasteiger partial charge in [-0.2, -0.15) is 0 Å². The molecule has 0 saturated heterocycles. The van der Waals surface area contributed by atoms with Crippen LogP contribution in [0, 0.1) is 0 Å². The summed E-state index contributed by atoms with van der Waals surface area (Å²) in [6.07, 6.45) is 0.825. The van der Waals surface area contributed by atoms with Crippen LogP contribution in [-0.4, -0.2) is 28.4 Å². The topological polar surface area (TPSA) is 54.5 Å². The maximum Gasteiger partial charge on any atom is 0.255 e. The number of rotatable bonds is 1. The first-order valence-electron chi connectivity index (χ1n) is 7.76. The van der Waals surface area contributed by atoms with Crippen LogP contribution >= 0.6 is 0 Å². The van der Waals surface area contributed by atoms with E-state index in [1.165, 1.54) is 5.56 Å². The van der Waals surface area contributed by atoms with Crippen molar-refractivity contribution in [2.45, 2.75) is 58.0 Å². The number of amides is 1. The minimum Gasteiger partial charge on any atom is -0.324 e. The normalized spacial score (nSPS) is 22.2. The summed E-state index contributed by atoms with van der Waals surface area (Å²) in [6.45, 7) is 6.89. The molecule has 1 heterocycles. The van der Waals surface area contributed by atoms with E-state index in [1.807, 2.05) is 12.1 Å². The number of carbonyl (C=O) groups excluding carboxylic acids is 3. The molecule has 0 N–H and O–H groups in total. The average molecular weight is 299 g/mol. The molecule has 1 unspecified atom stereocenters. The Morgan fingerprint density at radius 2 is 1.86 bits per heavy atom. The van der Waals surface area contributed by atoms with Crippen LogP contribution in [0.15, 0.2) is 18.2 Å². The molecule has 116 valence electrons. The van der Waals surface area contributed by atoms with Crippen molar-refractivity contribution in [1.29, 1.82) is 0 Å². The van der Waals surface area contributed by atoms with Crippen LogP contribution in [0.25, 0.3) is 0 Å². The van der Waals surface area contributed by atoms with E-state index in [2.05, 4.69) is 26.8 Å². The first-order valence-corrected chi connectivity index (χ1v) is 7.76. The number of Topliss-reactive ketones (excluding diaryl/α,β-unsaturated/α-hetero) is 2. The van der Waals surface area contributed by atoms with Crippen molar-refractivity contribution in [3.05, 3.63) is 34.9 Å². The van der Waals surface area contributed by atoms with Crippen molar-refractivity contribution < 1.29 is 14.4 Å². The Bertz CT molecular complexity index is 669. The Hall–Kier alpha value is -1.97. The zero-order valence-corrected chi connectivity index (χ0v) is 13.3. The minimum absolute atomic E-state index is 0.0135. The van der Waals surface area contributed by atoms with E-state index < -0.39 is 6.04 Å². The van der Waals surface area contributed by atoms with E-state index >= 15 is 0 Å². The highest BCUT2D eigenvalue weighted by Crippen LogP contribution is 2.32. The molecule has 1 atom stereocenters. The molecule has 1 aromatic rings. The first kappa shape index (κ1) is 14.9. The van der Waals surface area contributed by atoms with Gasteiger partial charge in [-0.15, -0.1) is 0 Å². The summed E-state index contributed by atoms with van der Waals surface area (Å²) in [5.74, 6) is -0.211. The molecular weight excluding hydrogens is 278 g/mol. The summed E-state index contributed by atoms with van der Waals surface area (Å²) >= 11 is 0. The van der Waals surface area contributed by atoms with Crippen molar-refractivity contribution in [2.75, 3.05) is 0 Å². The third kappa shape index (κ3) is 2.47. The maximum atomic E-state index is 12.6. The molecule has 1 saturated carbocycles. The van der Waals surface area contributed by atoms with E-state index in [0.717, 1.165) is 5.56 Å². The molecule has 1 amide bonds. The van der Waals surface area contributed by atoms with Crippen LogP contribution in [0.4, 0.5) is 0 Å². The van der Waals surface area contributed by atoms with Crippen LogP contribution in [0.2, 0.25) is 0 Å². The third-order valence-corrected chi connectivity index (χ3v) is 4.62. The molecule has 1 aliphatic heterocycles. The van der Waals surface area contributed by atoms with Crippen molar-refractivity contribution in [3.63, 3.8) is 0 Å². The molecule has 4 nitrogen and oxygen atoms in total. The fourth-order valence-corrected chi connectivity index (χ4v) is 3.25. The molecule has 22 heavy (non-hydrogen) atoms. The SMILES string of the molecule is CC(C)(C)c1ccc2c(c1)CN(C1CCC(=O)CC1=O)C2=O. The minimum atomic E-state index is -0.435. The Balaban J connectivity index is 1.88. The van der Waals surface area contributed by atoms with Crippen LogP contribution in [0.1, 0.15) is 61.5 Å². The largest absolute Gasteiger partial charge is 0.324 e. The van der Waals surface area contributed by atoms with Gasteiger partial charge in [-0.3, -0.25) is 14.4 Å². The lowest BCUT2D eigenvalue weighted by atomic mass is 9.85. The molecule has 0 aromatic heterocycles. The van der Waals surface area contributed by atoms with E-state index in [1.54, 1.807) is 4.90 Å². The number of fused-ring (bicyclic) bond motifs is 1. The Kier molecular flexibility index (Phi) is 3.42. The summed E-state index contributed by atoms with van der Waals surface area (Å²) in [6, 6.07) is 5.50. The molecule has 0 radical (unpaired) electrons. The van der Waals surface area contributed by atoms with Gasteiger partial charge in [0.05, 0.1) is 12.5 Å². The van der Waals surface area contributed by atoms with Gasteiger partial charge in [-0.25, -0.2) is 0 Å². The number of nitrogens with zero attached hydrogens (tertiary/aromatic N) is 1. The molecule has 4 heteroatoms. The predicted molar refractivity (Wildman–Crippen MR) is 82.7 cm³/mol. The zero-order valence-electron chi connectivity index (χ0n) is 13.3. The summed E-state index contributed by atoms with van der Waals surface area (Å²) in [4.78, 5) is 37.7.